The molecule has 1 fully saturated rings. The molecule has 0 aromatic heterocycles. The quantitative estimate of drug-likeness (QED) is 0.706. The van der Waals surface area contributed by atoms with Crippen LogP contribution in [0.5, 0.6) is 5.75 Å². The number of piperazine rings is 1. The number of methoxy groups -OCH3 is 1. The van der Waals surface area contributed by atoms with Crippen LogP contribution < -0.4 is 4.74 Å². The summed E-state index contributed by atoms with van der Waals surface area (Å²) in [7, 11) is -1.96. The zero-order valence-electron chi connectivity index (χ0n) is 17.0. The van der Waals surface area contributed by atoms with Crippen LogP contribution >= 0.6 is 0 Å². The van der Waals surface area contributed by atoms with Crippen LogP contribution in [0.15, 0.2) is 53.4 Å². The maximum absolute atomic E-state index is 13.0. The lowest BCUT2D eigenvalue weighted by Gasteiger charge is -2.33. The molecule has 0 saturated carbocycles. The van der Waals surface area contributed by atoms with E-state index in [0.29, 0.717) is 18.0 Å². The summed E-state index contributed by atoms with van der Waals surface area (Å²) < 4.78 is 32.6. The molecule has 3 rings (SSSR count). The van der Waals surface area contributed by atoms with Crippen molar-refractivity contribution in [1.29, 1.82) is 0 Å². The second-order valence-electron chi connectivity index (χ2n) is 7.10. The van der Waals surface area contributed by atoms with Gasteiger partial charge in [-0.05, 0) is 54.8 Å². The summed E-state index contributed by atoms with van der Waals surface area (Å²) in [6.07, 6.45) is 3.28. The van der Waals surface area contributed by atoms with Crippen LogP contribution in [0.2, 0.25) is 0 Å². The van der Waals surface area contributed by atoms with Crippen LogP contribution in [0.1, 0.15) is 16.7 Å². The van der Waals surface area contributed by atoms with Crippen molar-refractivity contribution in [1.82, 2.24) is 9.21 Å². The summed E-state index contributed by atoms with van der Waals surface area (Å²) >= 11 is 0. The van der Waals surface area contributed by atoms with Gasteiger partial charge < -0.3 is 9.64 Å². The van der Waals surface area contributed by atoms with E-state index in [1.807, 2.05) is 43.3 Å². The highest BCUT2D eigenvalue weighted by atomic mass is 32.2. The molecule has 1 aliphatic rings. The van der Waals surface area contributed by atoms with Gasteiger partial charge in [0, 0.05) is 32.3 Å². The van der Waals surface area contributed by atoms with Gasteiger partial charge in [-0.3, -0.25) is 4.79 Å². The first-order valence-electron chi connectivity index (χ1n) is 9.50. The highest BCUT2D eigenvalue weighted by Crippen LogP contribution is 2.22. The molecule has 154 valence electrons. The van der Waals surface area contributed by atoms with Gasteiger partial charge in [-0.25, -0.2) is 8.42 Å². The lowest BCUT2D eigenvalue weighted by atomic mass is 10.2. The monoisotopic (exact) mass is 414 g/mol. The van der Waals surface area contributed by atoms with Crippen molar-refractivity contribution in [2.24, 2.45) is 0 Å². The molecule has 29 heavy (non-hydrogen) atoms. The fraction of sp³-hybridized carbons (Fsp3) is 0.318. The van der Waals surface area contributed by atoms with Crippen molar-refractivity contribution < 1.29 is 17.9 Å². The van der Waals surface area contributed by atoms with Gasteiger partial charge in [-0.2, -0.15) is 4.31 Å². The fourth-order valence-corrected chi connectivity index (χ4v) is 4.99. The van der Waals surface area contributed by atoms with Crippen molar-refractivity contribution >= 4 is 22.0 Å². The van der Waals surface area contributed by atoms with Gasteiger partial charge in [-0.15, -0.1) is 0 Å². The van der Waals surface area contributed by atoms with Crippen molar-refractivity contribution in [3.8, 4) is 5.75 Å². The number of rotatable bonds is 5. The molecule has 0 N–H and O–H groups in total. The van der Waals surface area contributed by atoms with Gasteiger partial charge in [0.15, 0.2) is 0 Å². The topological polar surface area (TPSA) is 66.9 Å². The molecular formula is C22H26N2O4S. The van der Waals surface area contributed by atoms with Gasteiger partial charge in [0.1, 0.15) is 5.75 Å². The number of hydrogen-bond acceptors (Lipinski definition) is 4. The molecule has 6 nitrogen and oxygen atoms in total. The predicted molar refractivity (Wildman–Crippen MR) is 113 cm³/mol. The fourth-order valence-electron chi connectivity index (χ4n) is 3.26. The Kier molecular flexibility index (Phi) is 6.39. The molecule has 7 heteroatoms. The third-order valence-electron chi connectivity index (χ3n) is 5.05. The number of aryl methyl sites for hydroxylation is 2. The number of amides is 1. The molecule has 0 bridgehead atoms. The largest absolute Gasteiger partial charge is 0.497 e. The van der Waals surface area contributed by atoms with E-state index in [1.54, 1.807) is 31.1 Å². The lowest BCUT2D eigenvalue weighted by Crippen LogP contribution is -2.50. The minimum Gasteiger partial charge on any atom is -0.497 e. The van der Waals surface area contributed by atoms with E-state index in [0.717, 1.165) is 22.4 Å². The van der Waals surface area contributed by atoms with E-state index in [9.17, 15) is 13.2 Å². The Hall–Kier alpha value is -2.64. The zero-order chi connectivity index (χ0) is 21.0. The SMILES string of the molecule is COc1ccc(/C=C/C(=O)N2CCN(S(=O)(=O)c3cc(C)ccc3C)CC2)cc1. The average molecular weight is 415 g/mol. The second kappa shape index (κ2) is 8.80. The summed E-state index contributed by atoms with van der Waals surface area (Å²) in [5, 5.41) is 0. The summed E-state index contributed by atoms with van der Waals surface area (Å²) in [4.78, 5) is 14.5. The molecule has 0 spiro atoms. The average Bonchev–Trinajstić information content (AvgIpc) is 2.74. The first-order valence-corrected chi connectivity index (χ1v) is 10.9. The number of hydrogen-bond donors (Lipinski definition) is 0. The number of benzene rings is 2. The predicted octanol–water partition coefficient (Wildman–Crippen LogP) is 2.86. The van der Waals surface area contributed by atoms with E-state index in [1.165, 1.54) is 10.4 Å². The van der Waals surface area contributed by atoms with E-state index in [2.05, 4.69) is 0 Å². The van der Waals surface area contributed by atoms with Gasteiger partial charge in [0.05, 0.1) is 12.0 Å². The third kappa shape index (κ3) is 4.86. The molecule has 0 aliphatic carbocycles. The van der Waals surface area contributed by atoms with Crippen LogP contribution in [0, 0.1) is 13.8 Å². The zero-order valence-corrected chi connectivity index (χ0v) is 17.8. The van der Waals surface area contributed by atoms with Gasteiger partial charge in [0.2, 0.25) is 15.9 Å². The van der Waals surface area contributed by atoms with Crippen molar-refractivity contribution in [3.63, 3.8) is 0 Å². The second-order valence-corrected chi connectivity index (χ2v) is 9.01. The van der Waals surface area contributed by atoms with E-state index in [4.69, 9.17) is 4.74 Å². The number of sulfonamides is 1. The Morgan fingerprint density at radius 1 is 1.00 bits per heavy atom. The third-order valence-corrected chi connectivity index (χ3v) is 7.09. The van der Waals surface area contributed by atoms with Gasteiger partial charge in [0.25, 0.3) is 0 Å². The Balaban J connectivity index is 1.62. The molecule has 0 atom stereocenters. The molecule has 1 saturated heterocycles. The number of carbonyl (C=O) groups excluding carboxylic acids is 1. The maximum atomic E-state index is 13.0. The minimum absolute atomic E-state index is 0.121. The van der Waals surface area contributed by atoms with E-state index >= 15 is 0 Å². The molecule has 1 heterocycles. The summed E-state index contributed by atoms with van der Waals surface area (Å²) in [5.41, 5.74) is 2.54. The maximum Gasteiger partial charge on any atom is 0.246 e. The minimum atomic E-state index is -3.56. The Bertz CT molecular complexity index is 1010. The molecule has 1 amide bonds. The van der Waals surface area contributed by atoms with Crippen LogP contribution in [-0.2, 0) is 14.8 Å². The van der Waals surface area contributed by atoms with Crippen molar-refractivity contribution in [3.05, 3.63) is 65.2 Å². The number of nitrogens with zero attached hydrogens (tertiary/aromatic N) is 2. The Morgan fingerprint density at radius 3 is 2.28 bits per heavy atom. The summed E-state index contributed by atoms with van der Waals surface area (Å²) in [5.74, 6) is 0.638. The molecular weight excluding hydrogens is 388 g/mol. The highest BCUT2D eigenvalue weighted by Gasteiger charge is 2.30. The highest BCUT2D eigenvalue weighted by molar-refractivity contribution is 7.89. The molecule has 2 aromatic rings. The van der Waals surface area contributed by atoms with Crippen molar-refractivity contribution in [2.45, 2.75) is 18.7 Å². The molecule has 0 unspecified atom stereocenters. The van der Waals surface area contributed by atoms with Crippen molar-refractivity contribution in [2.75, 3.05) is 33.3 Å². The first-order chi connectivity index (χ1) is 13.8. The van der Waals surface area contributed by atoms with Crippen LogP contribution in [0.4, 0.5) is 0 Å². The first kappa shape index (κ1) is 21.1. The number of ether oxygens (including phenoxy) is 1. The van der Waals surface area contributed by atoms with E-state index in [-0.39, 0.29) is 19.0 Å². The van der Waals surface area contributed by atoms with Crippen LogP contribution in [-0.4, -0.2) is 56.8 Å². The van der Waals surface area contributed by atoms with Crippen LogP contribution in [0.3, 0.4) is 0 Å². The standard InChI is InChI=1S/C22H26N2O4S/c1-17-4-5-18(2)21(16-17)29(26,27)24-14-12-23(13-15-24)22(25)11-8-19-6-9-20(28-3)10-7-19/h4-11,16H,12-15H2,1-3H3/b11-8+. The normalized spacial score (nSPS) is 15.6. The van der Waals surface area contributed by atoms with Crippen LogP contribution in [0.25, 0.3) is 6.08 Å². The Morgan fingerprint density at radius 2 is 1.66 bits per heavy atom. The summed E-state index contributed by atoms with van der Waals surface area (Å²) in [6.45, 7) is 5.00. The molecule has 2 aromatic carbocycles. The van der Waals surface area contributed by atoms with Gasteiger partial charge >= 0.3 is 0 Å². The van der Waals surface area contributed by atoms with E-state index < -0.39 is 10.0 Å². The lowest BCUT2D eigenvalue weighted by molar-refractivity contribution is -0.127. The molecule has 1 aliphatic heterocycles. The number of carbonyl (C=O) groups is 1. The Labute approximate surface area is 172 Å². The summed E-state index contributed by atoms with van der Waals surface area (Å²) in [6, 6.07) is 12.8. The molecule has 0 radical (unpaired) electrons. The van der Waals surface area contributed by atoms with Gasteiger partial charge in [-0.1, -0.05) is 24.3 Å². The smallest absolute Gasteiger partial charge is 0.246 e.